The summed E-state index contributed by atoms with van der Waals surface area (Å²) in [6.07, 6.45) is 12.2. The van der Waals surface area contributed by atoms with Crippen LogP contribution < -0.4 is 0 Å². The van der Waals surface area contributed by atoms with Gasteiger partial charge in [0.1, 0.15) is 0 Å². The molecular formula is C22H24N4O2. The number of aromatic nitrogens is 3. The molecule has 0 radical (unpaired) electrons. The van der Waals surface area contributed by atoms with E-state index in [-0.39, 0.29) is 18.0 Å². The van der Waals surface area contributed by atoms with Gasteiger partial charge in [0, 0.05) is 47.8 Å². The maximum atomic E-state index is 13.2. The molecule has 2 aliphatic rings. The zero-order chi connectivity index (χ0) is 19.3. The van der Waals surface area contributed by atoms with E-state index in [1.807, 2.05) is 30.3 Å². The molecule has 1 N–H and O–H groups in total. The Morgan fingerprint density at radius 3 is 2.61 bits per heavy atom. The van der Waals surface area contributed by atoms with Gasteiger partial charge in [-0.15, -0.1) is 0 Å². The van der Waals surface area contributed by atoms with Gasteiger partial charge in [0.05, 0.1) is 23.9 Å². The summed E-state index contributed by atoms with van der Waals surface area (Å²) in [5, 5.41) is 12.5. The molecule has 0 saturated carbocycles. The molecule has 2 bridgehead atoms. The zero-order valence-corrected chi connectivity index (χ0v) is 16.0. The van der Waals surface area contributed by atoms with Gasteiger partial charge in [0.2, 0.25) is 0 Å². The molecule has 3 aromatic rings. The maximum absolute atomic E-state index is 13.2. The molecule has 0 aliphatic carbocycles. The lowest BCUT2D eigenvalue weighted by molar-refractivity contribution is -0.0533. The summed E-state index contributed by atoms with van der Waals surface area (Å²) in [6, 6.07) is 6.02. The van der Waals surface area contributed by atoms with Crippen LogP contribution in [-0.2, 0) is 6.54 Å². The Morgan fingerprint density at radius 2 is 1.86 bits per heavy atom. The van der Waals surface area contributed by atoms with Gasteiger partial charge >= 0.3 is 0 Å². The number of carbonyl (C=O) groups excluding carboxylic acids is 1. The van der Waals surface area contributed by atoms with Crippen LogP contribution in [-0.4, -0.2) is 48.1 Å². The van der Waals surface area contributed by atoms with Crippen molar-refractivity contribution in [1.29, 1.82) is 0 Å². The van der Waals surface area contributed by atoms with E-state index in [1.54, 1.807) is 24.7 Å². The van der Waals surface area contributed by atoms with Gasteiger partial charge in [-0.05, 0) is 56.4 Å². The third-order valence-corrected chi connectivity index (χ3v) is 6.38. The molecule has 2 atom stereocenters. The summed E-state index contributed by atoms with van der Waals surface area (Å²) in [5.74, 6) is 0.0741. The van der Waals surface area contributed by atoms with Crippen molar-refractivity contribution in [1.82, 2.24) is 19.4 Å². The number of aliphatic hydroxyl groups is 1. The lowest BCUT2D eigenvalue weighted by Crippen LogP contribution is -2.54. The van der Waals surface area contributed by atoms with Crippen LogP contribution in [0.15, 0.2) is 49.2 Å². The lowest BCUT2D eigenvalue weighted by Gasteiger charge is -2.44. The second-order valence-corrected chi connectivity index (χ2v) is 8.30. The molecule has 6 nitrogen and oxygen atoms in total. The van der Waals surface area contributed by atoms with Crippen molar-refractivity contribution in [2.24, 2.45) is 0 Å². The predicted molar refractivity (Wildman–Crippen MR) is 106 cm³/mol. The molecule has 1 amide bonds. The van der Waals surface area contributed by atoms with E-state index >= 15 is 0 Å². The fourth-order valence-corrected chi connectivity index (χ4v) is 5.12. The summed E-state index contributed by atoms with van der Waals surface area (Å²) in [4.78, 5) is 23.5. The minimum absolute atomic E-state index is 0.0741. The van der Waals surface area contributed by atoms with E-state index in [4.69, 9.17) is 0 Å². The van der Waals surface area contributed by atoms with Crippen LogP contribution in [0, 0.1) is 6.92 Å². The molecule has 5 rings (SSSR count). The maximum Gasteiger partial charge on any atom is 0.254 e. The van der Waals surface area contributed by atoms with E-state index in [2.05, 4.69) is 20.6 Å². The Balaban J connectivity index is 1.39. The number of hydrogen-bond donors (Lipinski definition) is 1. The fraction of sp³-hybridized carbons (Fsp3) is 0.409. The number of carbonyl (C=O) groups is 1. The number of amides is 1. The molecule has 0 aromatic carbocycles. The van der Waals surface area contributed by atoms with Crippen molar-refractivity contribution < 1.29 is 9.90 Å². The smallest absolute Gasteiger partial charge is 0.254 e. The molecule has 2 unspecified atom stereocenters. The van der Waals surface area contributed by atoms with Crippen molar-refractivity contribution in [2.75, 3.05) is 0 Å². The van der Waals surface area contributed by atoms with Gasteiger partial charge in [0.15, 0.2) is 0 Å². The number of pyridine rings is 2. The molecule has 2 fully saturated rings. The summed E-state index contributed by atoms with van der Waals surface area (Å²) in [6.45, 7) is 2.46. The molecular weight excluding hydrogens is 352 g/mol. The van der Waals surface area contributed by atoms with Crippen molar-refractivity contribution in [2.45, 2.75) is 56.8 Å². The van der Waals surface area contributed by atoms with Crippen LogP contribution in [0.4, 0.5) is 0 Å². The van der Waals surface area contributed by atoms with Gasteiger partial charge in [-0.1, -0.05) is 0 Å². The Hall–Kier alpha value is -2.73. The highest BCUT2D eigenvalue weighted by Gasteiger charge is 2.49. The molecule has 6 heteroatoms. The van der Waals surface area contributed by atoms with Crippen molar-refractivity contribution >= 4 is 16.8 Å². The van der Waals surface area contributed by atoms with Crippen LogP contribution >= 0.6 is 0 Å². The first-order valence-corrected chi connectivity index (χ1v) is 9.89. The van der Waals surface area contributed by atoms with Crippen LogP contribution in [0.2, 0.25) is 0 Å². The standard InChI is InChI=1S/C22H24N4O2/c1-15-12-23-8-5-19(15)21(27)26-17-2-3-18(26)11-22(28,10-17)14-25-9-6-16-4-7-24-13-20(16)25/h4-9,12-13,17-18,28H,2-3,10-11,14H2,1H3. The molecule has 0 spiro atoms. The van der Waals surface area contributed by atoms with E-state index in [0.29, 0.717) is 19.4 Å². The number of nitrogens with zero attached hydrogens (tertiary/aromatic N) is 4. The quantitative estimate of drug-likeness (QED) is 0.763. The molecule has 3 aromatic heterocycles. The van der Waals surface area contributed by atoms with Crippen LogP contribution in [0.1, 0.15) is 41.6 Å². The number of aryl methyl sites for hydroxylation is 1. The van der Waals surface area contributed by atoms with Gasteiger partial charge in [0.25, 0.3) is 5.91 Å². The van der Waals surface area contributed by atoms with Crippen molar-refractivity contribution in [3.63, 3.8) is 0 Å². The van der Waals surface area contributed by atoms with Crippen molar-refractivity contribution in [3.8, 4) is 0 Å². The third-order valence-electron chi connectivity index (χ3n) is 6.38. The normalized spacial score (nSPS) is 26.7. The number of rotatable bonds is 3. The summed E-state index contributed by atoms with van der Waals surface area (Å²) in [5.41, 5.74) is 1.85. The highest BCUT2D eigenvalue weighted by molar-refractivity contribution is 5.96. The topological polar surface area (TPSA) is 71.2 Å². The third kappa shape index (κ3) is 2.79. The summed E-state index contributed by atoms with van der Waals surface area (Å²) >= 11 is 0. The first-order chi connectivity index (χ1) is 13.5. The monoisotopic (exact) mass is 376 g/mol. The summed E-state index contributed by atoms with van der Waals surface area (Å²) in [7, 11) is 0. The molecule has 144 valence electrons. The molecule has 2 aliphatic heterocycles. The first-order valence-electron chi connectivity index (χ1n) is 9.89. The molecule has 5 heterocycles. The summed E-state index contributed by atoms with van der Waals surface area (Å²) < 4.78 is 2.09. The van der Waals surface area contributed by atoms with Gasteiger partial charge in [-0.25, -0.2) is 0 Å². The largest absolute Gasteiger partial charge is 0.388 e. The van der Waals surface area contributed by atoms with Crippen LogP contribution in [0.3, 0.4) is 0 Å². The van der Waals surface area contributed by atoms with E-state index < -0.39 is 5.60 Å². The number of hydrogen-bond acceptors (Lipinski definition) is 4. The van der Waals surface area contributed by atoms with Gasteiger partial charge in [-0.2, -0.15) is 0 Å². The van der Waals surface area contributed by atoms with E-state index in [1.165, 1.54) is 0 Å². The first kappa shape index (κ1) is 17.4. The highest BCUT2D eigenvalue weighted by atomic mass is 16.3. The van der Waals surface area contributed by atoms with Crippen LogP contribution in [0.5, 0.6) is 0 Å². The average Bonchev–Trinajstić information content (AvgIpc) is 3.21. The number of fused-ring (bicyclic) bond motifs is 3. The van der Waals surface area contributed by atoms with Gasteiger partial charge < -0.3 is 14.6 Å². The fourth-order valence-electron chi connectivity index (χ4n) is 5.12. The molecule has 2 saturated heterocycles. The van der Waals surface area contributed by atoms with Crippen LogP contribution in [0.25, 0.3) is 10.9 Å². The Labute approximate surface area is 163 Å². The average molecular weight is 376 g/mol. The second kappa shape index (κ2) is 6.41. The lowest BCUT2D eigenvalue weighted by atomic mass is 9.85. The number of piperidine rings is 1. The Bertz CT molecular complexity index is 1030. The second-order valence-electron chi connectivity index (χ2n) is 8.30. The minimum Gasteiger partial charge on any atom is -0.388 e. The van der Waals surface area contributed by atoms with Gasteiger partial charge in [-0.3, -0.25) is 14.8 Å². The highest BCUT2D eigenvalue weighted by Crippen LogP contribution is 2.42. The minimum atomic E-state index is -0.808. The SMILES string of the molecule is Cc1cnccc1C(=O)N1C2CCC1CC(O)(Cn1ccc3ccncc31)C2. The molecule has 28 heavy (non-hydrogen) atoms. The predicted octanol–water partition coefficient (Wildman–Crippen LogP) is 2.94. The van der Waals surface area contributed by atoms with E-state index in [0.717, 1.165) is 34.9 Å². The Kier molecular flexibility index (Phi) is 3.98. The Morgan fingerprint density at radius 1 is 1.14 bits per heavy atom. The van der Waals surface area contributed by atoms with E-state index in [9.17, 15) is 9.90 Å². The zero-order valence-electron chi connectivity index (χ0n) is 16.0. The van der Waals surface area contributed by atoms with Crippen molar-refractivity contribution in [3.05, 3.63) is 60.3 Å².